The van der Waals surface area contributed by atoms with Crippen LogP contribution in [0.4, 0.5) is 21.5 Å². The van der Waals surface area contributed by atoms with Gasteiger partial charge in [0.1, 0.15) is 17.1 Å². The van der Waals surface area contributed by atoms with Crippen LogP contribution in [0.15, 0.2) is 30.5 Å². The largest absolute Gasteiger partial charge is 0.384 e. The average Bonchev–Trinajstić information content (AvgIpc) is 3.00. The van der Waals surface area contributed by atoms with Crippen LogP contribution in [0, 0.1) is 5.82 Å². The lowest BCUT2D eigenvalue weighted by molar-refractivity contribution is -0.127. The average molecular weight is 426 g/mol. The van der Waals surface area contributed by atoms with Crippen molar-refractivity contribution in [2.24, 2.45) is 5.73 Å². The van der Waals surface area contributed by atoms with Crippen LogP contribution in [-0.2, 0) is 10.3 Å². The van der Waals surface area contributed by atoms with Crippen LogP contribution in [0.2, 0.25) is 0 Å². The Morgan fingerprint density at radius 3 is 2.90 bits per heavy atom. The number of primary amides is 1. The first-order valence-corrected chi connectivity index (χ1v) is 10.5. The fraction of sp³-hybridized carbons (Fsp3) is 0.409. The van der Waals surface area contributed by atoms with Crippen LogP contribution in [0.25, 0.3) is 0 Å². The molecule has 0 bridgehead atoms. The standard InChI is InChI=1S/C22H27FN6O2/c1-3-25-18-10-13(23)9-16-19(18)28-21(31)22(16,2)29-8-4-5-15(12-29)27-14-6-7-17(20(24)30)26-11-14/h6-7,9-11,15,25,27H,3-5,8,12H2,1-2H3,(H2,24,30)(H,28,31)/t15?,22-/m1/s1. The summed E-state index contributed by atoms with van der Waals surface area (Å²) >= 11 is 0. The summed E-state index contributed by atoms with van der Waals surface area (Å²) in [6, 6.07) is 6.29. The summed E-state index contributed by atoms with van der Waals surface area (Å²) in [5.74, 6) is -1.09. The van der Waals surface area contributed by atoms with Crippen LogP contribution in [0.1, 0.15) is 42.7 Å². The zero-order valence-corrected chi connectivity index (χ0v) is 17.7. The molecule has 164 valence electrons. The molecule has 2 aromatic rings. The quantitative estimate of drug-likeness (QED) is 0.565. The Bertz CT molecular complexity index is 1010. The van der Waals surface area contributed by atoms with E-state index in [-0.39, 0.29) is 23.5 Å². The molecule has 8 nitrogen and oxygen atoms in total. The van der Waals surface area contributed by atoms with E-state index < -0.39 is 11.4 Å². The van der Waals surface area contributed by atoms with E-state index in [1.807, 2.05) is 13.8 Å². The summed E-state index contributed by atoms with van der Waals surface area (Å²) in [5.41, 5.74) is 7.17. The van der Waals surface area contributed by atoms with E-state index in [0.29, 0.717) is 30.0 Å². The normalized spacial score (nSPS) is 23.2. The number of hydrogen-bond donors (Lipinski definition) is 4. The van der Waals surface area contributed by atoms with Crippen molar-refractivity contribution in [3.05, 3.63) is 47.5 Å². The summed E-state index contributed by atoms with van der Waals surface area (Å²) in [4.78, 5) is 30.5. The molecule has 1 unspecified atom stereocenters. The Labute approximate surface area is 180 Å². The summed E-state index contributed by atoms with van der Waals surface area (Å²) in [7, 11) is 0. The highest BCUT2D eigenvalue weighted by Gasteiger charge is 2.49. The molecule has 0 saturated carbocycles. The number of piperidine rings is 1. The van der Waals surface area contributed by atoms with Gasteiger partial charge >= 0.3 is 0 Å². The van der Waals surface area contributed by atoms with Crippen LogP contribution in [0.5, 0.6) is 0 Å². The smallest absolute Gasteiger partial charge is 0.267 e. The van der Waals surface area contributed by atoms with E-state index in [9.17, 15) is 14.0 Å². The van der Waals surface area contributed by atoms with Crippen LogP contribution < -0.4 is 21.7 Å². The van der Waals surface area contributed by atoms with Crippen molar-refractivity contribution in [2.45, 2.75) is 38.3 Å². The van der Waals surface area contributed by atoms with Gasteiger partial charge in [0.15, 0.2) is 0 Å². The Morgan fingerprint density at radius 1 is 1.42 bits per heavy atom. The number of aromatic nitrogens is 1. The molecule has 31 heavy (non-hydrogen) atoms. The number of carbonyl (C=O) groups excluding carboxylic acids is 2. The first kappa shape index (κ1) is 21.0. The highest BCUT2D eigenvalue weighted by atomic mass is 19.1. The van der Waals surface area contributed by atoms with Crippen LogP contribution in [0.3, 0.4) is 0 Å². The van der Waals surface area contributed by atoms with Gasteiger partial charge in [0.05, 0.1) is 23.3 Å². The number of likely N-dealkylation sites (tertiary alicyclic amines) is 1. The molecule has 1 saturated heterocycles. The molecule has 2 aliphatic rings. The van der Waals surface area contributed by atoms with Crippen molar-refractivity contribution in [1.29, 1.82) is 0 Å². The van der Waals surface area contributed by atoms with Gasteiger partial charge in [-0.15, -0.1) is 0 Å². The fourth-order valence-corrected chi connectivity index (χ4v) is 4.49. The number of nitrogens with two attached hydrogens (primary N) is 1. The summed E-state index contributed by atoms with van der Waals surface area (Å²) in [6.45, 7) is 5.75. The number of fused-ring (bicyclic) bond motifs is 1. The van der Waals surface area contributed by atoms with Crippen LogP contribution >= 0.6 is 0 Å². The van der Waals surface area contributed by atoms with Gasteiger partial charge in [0.25, 0.3) is 5.91 Å². The molecule has 9 heteroatoms. The third kappa shape index (κ3) is 3.81. The molecule has 4 rings (SSSR count). The molecule has 0 radical (unpaired) electrons. The van der Waals surface area contributed by atoms with E-state index in [4.69, 9.17) is 5.73 Å². The molecule has 1 aromatic heterocycles. The van der Waals surface area contributed by atoms with Gasteiger partial charge in [-0.1, -0.05) is 0 Å². The maximum absolute atomic E-state index is 14.4. The van der Waals surface area contributed by atoms with Crippen molar-refractivity contribution < 1.29 is 14.0 Å². The number of benzene rings is 1. The van der Waals surface area contributed by atoms with Gasteiger partial charge in [-0.2, -0.15) is 0 Å². The van der Waals surface area contributed by atoms with Gasteiger partial charge in [-0.25, -0.2) is 9.37 Å². The summed E-state index contributed by atoms with van der Waals surface area (Å²) < 4.78 is 14.4. The van der Waals surface area contributed by atoms with Crippen LogP contribution in [-0.4, -0.2) is 47.4 Å². The minimum Gasteiger partial charge on any atom is -0.384 e. The monoisotopic (exact) mass is 426 g/mol. The zero-order chi connectivity index (χ0) is 22.2. The Morgan fingerprint density at radius 2 is 2.23 bits per heavy atom. The molecule has 0 spiro atoms. The molecule has 5 N–H and O–H groups in total. The van der Waals surface area contributed by atoms with Gasteiger partial charge in [-0.3, -0.25) is 14.5 Å². The zero-order valence-electron chi connectivity index (χ0n) is 17.7. The lowest BCUT2D eigenvalue weighted by atomic mass is 9.88. The minimum absolute atomic E-state index is 0.0745. The van der Waals surface area contributed by atoms with Crippen molar-refractivity contribution in [1.82, 2.24) is 9.88 Å². The topological polar surface area (TPSA) is 112 Å². The molecular formula is C22H27FN6O2. The molecule has 2 amide bonds. The second kappa shape index (κ2) is 8.14. The van der Waals surface area contributed by atoms with Gasteiger partial charge in [0, 0.05) is 24.7 Å². The number of hydrogen-bond acceptors (Lipinski definition) is 6. The molecule has 2 aliphatic heterocycles. The molecule has 3 heterocycles. The third-order valence-electron chi connectivity index (χ3n) is 6.12. The molecule has 1 aromatic carbocycles. The number of rotatable bonds is 6. The molecule has 2 atom stereocenters. The van der Waals surface area contributed by atoms with E-state index in [1.54, 1.807) is 18.3 Å². The second-order valence-corrected chi connectivity index (χ2v) is 8.16. The number of nitrogens with zero attached hydrogens (tertiary/aromatic N) is 2. The number of halogens is 1. The van der Waals surface area contributed by atoms with Gasteiger partial charge in [0.2, 0.25) is 5.91 Å². The van der Waals surface area contributed by atoms with E-state index in [0.717, 1.165) is 25.1 Å². The first-order chi connectivity index (χ1) is 14.8. The predicted octanol–water partition coefficient (Wildman–Crippen LogP) is 2.50. The van der Waals surface area contributed by atoms with Gasteiger partial charge in [-0.05, 0) is 57.5 Å². The second-order valence-electron chi connectivity index (χ2n) is 8.16. The number of pyridine rings is 1. The maximum atomic E-state index is 14.4. The lowest BCUT2D eigenvalue weighted by Gasteiger charge is -2.42. The number of amides is 2. The predicted molar refractivity (Wildman–Crippen MR) is 118 cm³/mol. The van der Waals surface area contributed by atoms with Crippen molar-refractivity contribution in [3.8, 4) is 0 Å². The lowest BCUT2D eigenvalue weighted by Crippen LogP contribution is -2.55. The summed E-state index contributed by atoms with van der Waals surface area (Å²) in [5, 5.41) is 9.53. The van der Waals surface area contributed by atoms with E-state index in [1.165, 1.54) is 12.1 Å². The Kier molecular flexibility index (Phi) is 5.53. The Hall–Kier alpha value is -3.20. The van der Waals surface area contributed by atoms with Gasteiger partial charge < -0.3 is 21.7 Å². The molecule has 0 aliphatic carbocycles. The van der Waals surface area contributed by atoms with Crippen molar-refractivity contribution in [3.63, 3.8) is 0 Å². The minimum atomic E-state index is -0.962. The van der Waals surface area contributed by atoms with E-state index >= 15 is 0 Å². The van der Waals surface area contributed by atoms with Crippen molar-refractivity contribution >= 4 is 28.9 Å². The first-order valence-electron chi connectivity index (χ1n) is 10.5. The Balaban J connectivity index is 1.57. The highest BCUT2D eigenvalue weighted by Crippen LogP contribution is 2.45. The highest BCUT2D eigenvalue weighted by molar-refractivity contribution is 6.08. The molecular weight excluding hydrogens is 399 g/mol. The van der Waals surface area contributed by atoms with Crippen molar-refractivity contribution in [2.75, 3.05) is 35.6 Å². The fourth-order valence-electron chi connectivity index (χ4n) is 4.49. The molecule has 1 fully saturated rings. The number of nitrogens with one attached hydrogen (secondary N) is 3. The SMILES string of the molecule is CCNc1cc(F)cc2c1NC(=O)[C@]2(C)N1CCCC(Nc2ccc(C(N)=O)nc2)C1. The van der Waals surface area contributed by atoms with E-state index in [2.05, 4.69) is 25.8 Å². The number of carbonyl (C=O) groups is 2. The summed E-state index contributed by atoms with van der Waals surface area (Å²) in [6.07, 6.45) is 3.39. The maximum Gasteiger partial charge on any atom is 0.267 e. The third-order valence-corrected chi connectivity index (χ3v) is 6.12. The number of anilines is 3.